The van der Waals surface area contributed by atoms with Gasteiger partial charge < -0.3 is 20.1 Å². The Hall–Kier alpha value is -2.69. The normalized spacial score (nSPS) is 10.2. The average molecular weight is 342 g/mol. The van der Waals surface area contributed by atoms with Gasteiger partial charge in [0.15, 0.2) is 0 Å². The summed E-state index contributed by atoms with van der Waals surface area (Å²) in [7, 11) is 3.29. The molecule has 0 aliphatic heterocycles. The standard InChI is InChI=1S/C20H26N2O3/c1-15-8-9-19(25-3)17(14-15)21-13-11-20(23)22-12-10-16-6-4-5-7-18(16)24-2/h4-9,14,21H,10-13H2,1-3H3,(H,22,23). The van der Waals surface area contributed by atoms with E-state index in [1.807, 2.05) is 49.4 Å². The minimum absolute atomic E-state index is 0.0222. The number of ether oxygens (including phenoxy) is 2. The van der Waals surface area contributed by atoms with Gasteiger partial charge in [0.05, 0.1) is 19.9 Å². The summed E-state index contributed by atoms with van der Waals surface area (Å²) in [5.74, 6) is 1.65. The fraction of sp³-hybridized carbons (Fsp3) is 0.350. The number of aryl methyl sites for hydroxylation is 1. The zero-order valence-corrected chi connectivity index (χ0v) is 15.1. The molecule has 1 amide bonds. The van der Waals surface area contributed by atoms with E-state index in [-0.39, 0.29) is 5.91 Å². The lowest BCUT2D eigenvalue weighted by Crippen LogP contribution is -2.27. The molecule has 134 valence electrons. The van der Waals surface area contributed by atoms with Gasteiger partial charge in [-0.3, -0.25) is 4.79 Å². The van der Waals surface area contributed by atoms with E-state index in [1.165, 1.54) is 0 Å². The maximum atomic E-state index is 12.0. The van der Waals surface area contributed by atoms with Crippen LogP contribution in [0.5, 0.6) is 11.5 Å². The van der Waals surface area contributed by atoms with Crippen molar-refractivity contribution in [3.63, 3.8) is 0 Å². The first-order valence-corrected chi connectivity index (χ1v) is 8.41. The molecule has 2 aromatic carbocycles. The molecule has 0 saturated heterocycles. The molecule has 0 radical (unpaired) electrons. The molecule has 5 nitrogen and oxygen atoms in total. The fourth-order valence-corrected chi connectivity index (χ4v) is 2.61. The van der Waals surface area contributed by atoms with Crippen molar-refractivity contribution in [2.75, 3.05) is 32.6 Å². The molecule has 0 aliphatic carbocycles. The van der Waals surface area contributed by atoms with Crippen LogP contribution in [0.4, 0.5) is 5.69 Å². The van der Waals surface area contributed by atoms with Crippen molar-refractivity contribution in [2.24, 2.45) is 0 Å². The number of amides is 1. The van der Waals surface area contributed by atoms with Gasteiger partial charge in [-0.2, -0.15) is 0 Å². The highest BCUT2D eigenvalue weighted by Gasteiger charge is 2.06. The molecule has 0 atom stereocenters. The second kappa shape index (κ2) is 9.57. The highest BCUT2D eigenvalue weighted by Crippen LogP contribution is 2.25. The van der Waals surface area contributed by atoms with E-state index in [1.54, 1.807) is 14.2 Å². The van der Waals surface area contributed by atoms with Crippen LogP contribution in [0, 0.1) is 6.92 Å². The Morgan fingerprint density at radius 2 is 1.76 bits per heavy atom. The molecule has 5 heteroatoms. The number of carbonyl (C=O) groups is 1. The molecular formula is C20H26N2O3. The zero-order valence-electron chi connectivity index (χ0n) is 15.1. The van der Waals surface area contributed by atoms with Crippen LogP contribution in [0.15, 0.2) is 42.5 Å². The molecule has 0 spiro atoms. The summed E-state index contributed by atoms with van der Waals surface area (Å²) in [6.45, 7) is 3.17. The number of methoxy groups -OCH3 is 2. The highest BCUT2D eigenvalue weighted by atomic mass is 16.5. The summed E-state index contributed by atoms with van der Waals surface area (Å²) in [6, 6.07) is 13.8. The maximum absolute atomic E-state index is 12.0. The molecule has 25 heavy (non-hydrogen) atoms. The second-order valence-corrected chi connectivity index (χ2v) is 5.79. The molecule has 0 aliphatic rings. The topological polar surface area (TPSA) is 59.6 Å². The number of hydrogen-bond donors (Lipinski definition) is 2. The van der Waals surface area contributed by atoms with Gasteiger partial charge in [0.2, 0.25) is 5.91 Å². The van der Waals surface area contributed by atoms with Crippen LogP contribution in [0.25, 0.3) is 0 Å². The third-order valence-electron chi connectivity index (χ3n) is 3.93. The molecule has 2 N–H and O–H groups in total. The summed E-state index contributed by atoms with van der Waals surface area (Å²) in [5.41, 5.74) is 3.14. The van der Waals surface area contributed by atoms with Crippen molar-refractivity contribution in [1.82, 2.24) is 5.32 Å². The summed E-state index contributed by atoms with van der Waals surface area (Å²) in [5, 5.41) is 6.20. The molecular weight excluding hydrogens is 316 g/mol. The largest absolute Gasteiger partial charge is 0.496 e. The van der Waals surface area contributed by atoms with Crippen molar-refractivity contribution in [3.8, 4) is 11.5 Å². The Balaban J connectivity index is 1.73. The Bertz CT molecular complexity index is 701. The van der Waals surface area contributed by atoms with Crippen molar-refractivity contribution in [1.29, 1.82) is 0 Å². The number of rotatable bonds is 9. The number of benzene rings is 2. The molecule has 0 heterocycles. The van der Waals surface area contributed by atoms with E-state index in [9.17, 15) is 4.79 Å². The highest BCUT2D eigenvalue weighted by molar-refractivity contribution is 5.76. The number of hydrogen-bond acceptors (Lipinski definition) is 4. The molecule has 0 bridgehead atoms. The number of anilines is 1. The van der Waals surface area contributed by atoms with Crippen LogP contribution in [0.2, 0.25) is 0 Å². The second-order valence-electron chi connectivity index (χ2n) is 5.79. The van der Waals surface area contributed by atoms with E-state index in [0.29, 0.717) is 19.5 Å². The number of carbonyl (C=O) groups excluding carboxylic acids is 1. The van der Waals surface area contributed by atoms with Crippen LogP contribution >= 0.6 is 0 Å². The van der Waals surface area contributed by atoms with Gasteiger partial charge in [0, 0.05) is 19.5 Å². The van der Waals surface area contributed by atoms with E-state index >= 15 is 0 Å². The summed E-state index contributed by atoms with van der Waals surface area (Å²) < 4.78 is 10.6. The van der Waals surface area contributed by atoms with Crippen molar-refractivity contribution in [2.45, 2.75) is 19.8 Å². The number of nitrogens with one attached hydrogen (secondary N) is 2. The molecule has 0 unspecified atom stereocenters. The molecule has 0 fully saturated rings. The predicted molar refractivity (Wildman–Crippen MR) is 101 cm³/mol. The van der Waals surface area contributed by atoms with Crippen molar-refractivity contribution >= 4 is 11.6 Å². The average Bonchev–Trinajstić information content (AvgIpc) is 2.62. The molecule has 0 aromatic heterocycles. The van der Waals surface area contributed by atoms with E-state index in [0.717, 1.165) is 34.7 Å². The lowest BCUT2D eigenvalue weighted by molar-refractivity contribution is -0.120. The number of para-hydroxylation sites is 1. The van der Waals surface area contributed by atoms with Gasteiger partial charge in [-0.05, 0) is 42.7 Å². The van der Waals surface area contributed by atoms with Gasteiger partial charge in [-0.25, -0.2) is 0 Å². The third kappa shape index (κ3) is 5.71. The zero-order chi connectivity index (χ0) is 18.1. The van der Waals surface area contributed by atoms with Crippen molar-refractivity contribution < 1.29 is 14.3 Å². The van der Waals surface area contributed by atoms with Crippen LogP contribution in [-0.2, 0) is 11.2 Å². The lowest BCUT2D eigenvalue weighted by atomic mass is 10.1. The van der Waals surface area contributed by atoms with E-state index < -0.39 is 0 Å². The van der Waals surface area contributed by atoms with Gasteiger partial charge in [0.25, 0.3) is 0 Å². The first-order chi connectivity index (χ1) is 12.1. The SMILES string of the molecule is COc1ccccc1CCNC(=O)CCNc1cc(C)ccc1OC. The quantitative estimate of drug-likeness (QED) is 0.735. The minimum Gasteiger partial charge on any atom is -0.496 e. The third-order valence-corrected chi connectivity index (χ3v) is 3.93. The fourth-order valence-electron chi connectivity index (χ4n) is 2.61. The summed E-state index contributed by atoms with van der Waals surface area (Å²) >= 11 is 0. The van der Waals surface area contributed by atoms with E-state index in [4.69, 9.17) is 9.47 Å². The van der Waals surface area contributed by atoms with Gasteiger partial charge in [-0.15, -0.1) is 0 Å². The van der Waals surface area contributed by atoms with Crippen LogP contribution in [0.1, 0.15) is 17.5 Å². The smallest absolute Gasteiger partial charge is 0.221 e. The maximum Gasteiger partial charge on any atom is 0.221 e. The van der Waals surface area contributed by atoms with Crippen molar-refractivity contribution in [3.05, 3.63) is 53.6 Å². The van der Waals surface area contributed by atoms with E-state index in [2.05, 4.69) is 10.6 Å². The van der Waals surface area contributed by atoms with Crippen LogP contribution in [0.3, 0.4) is 0 Å². The monoisotopic (exact) mass is 342 g/mol. The van der Waals surface area contributed by atoms with Gasteiger partial charge >= 0.3 is 0 Å². The lowest BCUT2D eigenvalue weighted by Gasteiger charge is -2.12. The molecule has 2 aromatic rings. The molecule has 2 rings (SSSR count). The van der Waals surface area contributed by atoms with Crippen LogP contribution < -0.4 is 20.1 Å². The van der Waals surface area contributed by atoms with Gasteiger partial charge in [0.1, 0.15) is 11.5 Å². The van der Waals surface area contributed by atoms with Gasteiger partial charge in [-0.1, -0.05) is 24.3 Å². The van der Waals surface area contributed by atoms with Crippen LogP contribution in [-0.4, -0.2) is 33.2 Å². The first-order valence-electron chi connectivity index (χ1n) is 8.41. The summed E-state index contributed by atoms with van der Waals surface area (Å²) in [6.07, 6.45) is 1.15. The molecule has 0 saturated carbocycles. The minimum atomic E-state index is 0.0222. The predicted octanol–water partition coefficient (Wildman–Crippen LogP) is 3.17. The Labute approximate surface area is 149 Å². The Morgan fingerprint density at radius 3 is 2.52 bits per heavy atom. The Morgan fingerprint density at radius 1 is 1.00 bits per heavy atom. The Kier molecular flexibility index (Phi) is 7.14. The first kappa shape index (κ1) is 18.6. The summed E-state index contributed by atoms with van der Waals surface area (Å²) in [4.78, 5) is 12.0.